The number of hydrogen-bond donors (Lipinski definition) is 1. The normalized spacial score (nSPS) is 10.2. The first-order valence-corrected chi connectivity index (χ1v) is 7.43. The number of benzene rings is 1. The van der Waals surface area contributed by atoms with Gasteiger partial charge in [0.2, 0.25) is 0 Å². The molecule has 0 bridgehead atoms. The van der Waals surface area contributed by atoms with Gasteiger partial charge in [0, 0.05) is 29.8 Å². The molecule has 2 aromatic rings. The fourth-order valence-electron chi connectivity index (χ4n) is 1.87. The first-order chi connectivity index (χ1) is 9.97. The minimum Gasteiger partial charge on any atom is -0.389 e. The van der Waals surface area contributed by atoms with Crippen molar-refractivity contribution in [3.63, 3.8) is 0 Å². The molecule has 108 valence electrons. The van der Waals surface area contributed by atoms with Gasteiger partial charge in [0.15, 0.2) is 0 Å². The SMILES string of the molecule is CN(Cc1cccc(C(N)=S)c1)C(=O)c1ccc(Br)cn1. The van der Waals surface area contributed by atoms with E-state index in [0.717, 1.165) is 15.6 Å². The van der Waals surface area contributed by atoms with E-state index in [1.54, 1.807) is 30.3 Å². The van der Waals surface area contributed by atoms with Gasteiger partial charge in [-0.15, -0.1) is 0 Å². The largest absolute Gasteiger partial charge is 0.389 e. The van der Waals surface area contributed by atoms with Crippen LogP contribution in [0.25, 0.3) is 0 Å². The van der Waals surface area contributed by atoms with Crippen LogP contribution in [0.5, 0.6) is 0 Å². The number of carbonyl (C=O) groups excluding carboxylic acids is 1. The van der Waals surface area contributed by atoms with Crippen LogP contribution in [0.15, 0.2) is 47.1 Å². The van der Waals surface area contributed by atoms with Gasteiger partial charge in [0.05, 0.1) is 0 Å². The second kappa shape index (κ2) is 6.78. The number of amides is 1. The molecule has 1 aromatic carbocycles. The van der Waals surface area contributed by atoms with Crippen LogP contribution in [0, 0.1) is 0 Å². The van der Waals surface area contributed by atoms with E-state index in [4.69, 9.17) is 18.0 Å². The van der Waals surface area contributed by atoms with E-state index in [1.165, 1.54) is 0 Å². The molecule has 1 aromatic heterocycles. The summed E-state index contributed by atoms with van der Waals surface area (Å²) in [5, 5.41) is 0. The Labute approximate surface area is 137 Å². The number of nitrogens with two attached hydrogens (primary N) is 1. The third-order valence-electron chi connectivity index (χ3n) is 2.92. The first-order valence-electron chi connectivity index (χ1n) is 6.23. The number of hydrogen-bond acceptors (Lipinski definition) is 3. The molecule has 2 rings (SSSR count). The lowest BCUT2D eigenvalue weighted by molar-refractivity contribution is 0.0779. The van der Waals surface area contributed by atoms with Crippen molar-refractivity contribution in [2.75, 3.05) is 7.05 Å². The molecule has 6 heteroatoms. The first kappa shape index (κ1) is 15.6. The summed E-state index contributed by atoms with van der Waals surface area (Å²) in [6.07, 6.45) is 1.61. The predicted molar refractivity (Wildman–Crippen MR) is 90.1 cm³/mol. The van der Waals surface area contributed by atoms with Gasteiger partial charge in [-0.25, -0.2) is 4.98 Å². The molecule has 21 heavy (non-hydrogen) atoms. The Morgan fingerprint density at radius 1 is 1.38 bits per heavy atom. The van der Waals surface area contributed by atoms with Gasteiger partial charge >= 0.3 is 0 Å². The molecule has 0 aliphatic heterocycles. The molecular formula is C15H14BrN3OS. The van der Waals surface area contributed by atoms with E-state index in [2.05, 4.69) is 20.9 Å². The summed E-state index contributed by atoms with van der Waals surface area (Å²) in [5.41, 5.74) is 7.79. The monoisotopic (exact) mass is 363 g/mol. The Kier molecular flexibility index (Phi) is 5.03. The predicted octanol–water partition coefficient (Wildman–Crippen LogP) is 2.75. The van der Waals surface area contributed by atoms with E-state index in [9.17, 15) is 4.79 Å². The maximum absolute atomic E-state index is 12.3. The zero-order valence-corrected chi connectivity index (χ0v) is 13.8. The minimum absolute atomic E-state index is 0.136. The Morgan fingerprint density at radius 3 is 2.76 bits per heavy atom. The van der Waals surface area contributed by atoms with Gasteiger partial charge in [0.25, 0.3) is 5.91 Å². The number of thiocarbonyl (C=S) groups is 1. The summed E-state index contributed by atoms with van der Waals surface area (Å²) in [5.74, 6) is -0.136. The molecule has 0 saturated carbocycles. The topological polar surface area (TPSA) is 59.2 Å². The molecule has 0 unspecified atom stereocenters. The van der Waals surface area contributed by atoms with E-state index in [-0.39, 0.29) is 5.91 Å². The summed E-state index contributed by atoms with van der Waals surface area (Å²) in [6, 6.07) is 11.0. The molecule has 1 heterocycles. The average molecular weight is 364 g/mol. The van der Waals surface area contributed by atoms with Crippen LogP contribution in [0.1, 0.15) is 21.6 Å². The van der Waals surface area contributed by atoms with Gasteiger partial charge in [-0.2, -0.15) is 0 Å². The second-order valence-corrected chi connectivity index (χ2v) is 5.94. The molecule has 0 atom stereocenters. The summed E-state index contributed by atoms with van der Waals surface area (Å²) in [4.78, 5) is 18.3. The third kappa shape index (κ3) is 4.09. The van der Waals surface area contributed by atoms with Crippen LogP contribution >= 0.6 is 28.1 Å². The van der Waals surface area contributed by atoms with Crippen LogP contribution in [0.4, 0.5) is 0 Å². The Bertz CT molecular complexity index is 673. The smallest absolute Gasteiger partial charge is 0.272 e. The highest BCUT2D eigenvalue weighted by molar-refractivity contribution is 9.10. The van der Waals surface area contributed by atoms with Crippen molar-refractivity contribution in [2.24, 2.45) is 5.73 Å². The summed E-state index contributed by atoms with van der Waals surface area (Å²) >= 11 is 8.25. The van der Waals surface area contributed by atoms with Gasteiger partial charge in [-0.3, -0.25) is 4.79 Å². The number of aromatic nitrogens is 1. The quantitative estimate of drug-likeness (QED) is 0.848. The lowest BCUT2D eigenvalue weighted by atomic mass is 10.1. The van der Waals surface area contributed by atoms with Crippen molar-refractivity contribution in [1.29, 1.82) is 0 Å². The summed E-state index contributed by atoms with van der Waals surface area (Å²) < 4.78 is 0.839. The Balaban J connectivity index is 2.12. The standard InChI is InChI=1S/C15H14BrN3OS/c1-19(15(20)13-6-5-12(16)8-18-13)9-10-3-2-4-11(7-10)14(17)21/h2-8H,9H2,1H3,(H2,17,21). The molecule has 0 radical (unpaired) electrons. The second-order valence-electron chi connectivity index (χ2n) is 4.59. The molecule has 0 fully saturated rings. The fraction of sp³-hybridized carbons (Fsp3) is 0.133. The number of nitrogens with zero attached hydrogens (tertiary/aromatic N) is 2. The lowest BCUT2D eigenvalue weighted by Gasteiger charge is -2.17. The Morgan fingerprint density at radius 2 is 2.14 bits per heavy atom. The number of rotatable bonds is 4. The van der Waals surface area contributed by atoms with Crippen molar-refractivity contribution in [2.45, 2.75) is 6.54 Å². The highest BCUT2D eigenvalue weighted by Crippen LogP contribution is 2.12. The van der Waals surface area contributed by atoms with Crippen LogP contribution in [-0.4, -0.2) is 27.8 Å². The Hall–Kier alpha value is -1.79. The molecular weight excluding hydrogens is 350 g/mol. The lowest BCUT2D eigenvalue weighted by Crippen LogP contribution is -2.27. The van der Waals surface area contributed by atoms with E-state index < -0.39 is 0 Å². The summed E-state index contributed by atoms with van der Waals surface area (Å²) in [6.45, 7) is 0.465. The molecule has 0 saturated heterocycles. The molecule has 2 N–H and O–H groups in total. The van der Waals surface area contributed by atoms with Gasteiger partial charge in [-0.1, -0.05) is 30.4 Å². The van der Waals surface area contributed by atoms with Crippen molar-refractivity contribution in [3.05, 3.63) is 63.9 Å². The van der Waals surface area contributed by atoms with Crippen LogP contribution in [0.2, 0.25) is 0 Å². The zero-order chi connectivity index (χ0) is 15.4. The van der Waals surface area contributed by atoms with Crippen molar-refractivity contribution in [3.8, 4) is 0 Å². The van der Waals surface area contributed by atoms with Crippen molar-refractivity contribution < 1.29 is 4.79 Å². The van der Waals surface area contributed by atoms with Crippen LogP contribution in [-0.2, 0) is 6.54 Å². The molecule has 0 aliphatic rings. The van der Waals surface area contributed by atoms with E-state index in [1.807, 2.05) is 24.3 Å². The van der Waals surface area contributed by atoms with Gasteiger partial charge in [0.1, 0.15) is 10.7 Å². The minimum atomic E-state index is -0.136. The zero-order valence-electron chi connectivity index (χ0n) is 11.4. The number of pyridine rings is 1. The number of halogens is 1. The van der Waals surface area contributed by atoms with Crippen molar-refractivity contribution in [1.82, 2.24) is 9.88 Å². The fourth-order valence-corrected chi connectivity index (χ4v) is 2.23. The molecule has 4 nitrogen and oxygen atoms in total. The summed E-state index contributed by atoms with van der Waals surface area (Å²) in [7, 11) is 1.74. The van der Waals surface area contributed by atoms with Gasteiger partial charge < -0.3 is 10.6 Å². The van der Waals surface area contributed by atoms with Crippen LogP contribution in [0.3, 0.4) is 0 Å². The number of carbonyl (C=O) groups is 1. The maximum Gasteiger partial charge on any atom is 0.272 e. The molecule has 0 aliphatic carbocycles. The molecule has 0 spiro atoms. The molecule has 1 amide bonds. The highest BCUT2D eigenvalue weighted by Gasteiger charge is 2.13. The average Bonchev–Trinajstić information content (AvgIpc) is 2.47. The van der Waals surface area contributed by atoms with Crippen molar-refractivity contribution >= 4 is 39.0 Å². The maximum atomic E-state index is 12.3. The highest BCUT2D eigenvalue weighted by atomic mass is 79.9. The third-order valence-corrected chi connectivity index (χ3v) is 3.63. The van der Waals surface area contributed by atoms with E-state index >= 15 is 0 Å². The van der Waals surface area contributed by atoms with Gasteiger partial charge in [-0.05, 0) is 39.7 Å². The van der Waals surface area contributed by atoms with E-state index in [0.29, 0.717) is 17.2 Å². The van der Waals surface area contributed by atoms with Crippen LogP contribution < -0.4 is 5.73 Å².